The average molecular weight is 1710 g/mol. The van der Waals surface area contributed by atoms with E-state index in [9.17, 15) is 67.6 Å². The first-order valence-corrected chi connectivity index (χ1v) is 39.6. The molecule has 0 saturated heterocycles. The number of rotatable bonds is 19. The van der Waals surface area contributed by atoms with Gasteiger partial charge in [-0.05, 0) is 137 Å². The van der Waals surface area contributed by atoms with Crippen LogP contribution in [0.25, 0.3) is 88.4 Å². The predicted octanol–water partition coefficient (Wildman–Crippen LogP) is 21.9. The number of thiophene rings is 4. The van der Waals surface area contributed by atoms with E-state index in [0.717, 1.165) is 54.4 Å². The number of benzene rings is 8. The number of carbonyl (C=O) groups is 8. The maximum Gasteiger partial charge on any atom is 0.339 e. The van der Waals surface area contributed by atoms with E-state index in [2.05, 4.69) is 51.2 Å². The summed E-state index contributed by atoms with van der Waals surface area (Å²) in [6.45, 7) is 3.33. The van der Waals surface area contributed by atoms with Gasteiger partial charge in [-0.2, -0.15) is 0 Å². The number of hydrogen-bond acceptors (Lipinski definition) is 18. The molecule has 0 saturated carbocycles. The first-order valence-electron chi connectivity index (χ1n) is 34.5. The van der Waals surface area contributed by atoms with E-state index in [1.807, 2.05) is 110 Å². The Morgan fingerprint density at radius 1 is 0.383 bits per heavy atom. The topological polar surface area (TPSA) is 307 Å². The standard InChI is InChI=1S/C22H15ClN2O3S.C22H14ClNO3S.C22H14F2N2O3S.C21H13BrN2O3S/c1-12-3-2-4-16-21(12)25-17(10-24-16)18(26)9-19-20(22(27)28)15(11-29-19)13-5-7-14(23)8-6-13;23-15-8-5-13(6-9-15)16-12-28-20(21(16)22(26)27)11-19(25)18-10-7-14-3-1-2-4-17(14)24-18;1-11-6-7-12(21(24)20(11)23)13-10-30-18(19(13)22(28)29)8-17(27)16-9-25-14-4-2-3-5-15(14)26-16;22-14-8-5-12(6-9-14)15-11-28-20(18(15)21(26)27)24-19(25)17-10-7-13-3-1-2-4-16(13)23-17/h2-8,10-11H,9H2,1H3,(H,27,28);1-10,12H,11H2,(H,26,27);2-7,9-10H,8H2,1H3,(H,28,29);1-11H,(H,24,25)(H,26,27). The van der Waals surface area contributed by atoms with Crippen molar-refractivity contribution in [3.8, 4) is 44.5 Å². The fourth-order valence-electron chi connectivity index (χ4n) is 12.2. The van der Waals surface area contributed by atoms with Crippen molar-refractivity contribution in [2.75, 3.05) is 5.32 Å². The molecule has 8 aromatic heterocycles. The molecule has 8 aromatic carbocycles. The van der Waals surface area contributed by atoms with E-state index in [0.29, 0.717) is 69.8 Å². The van der Waals surface area contributed by atoms with Crippen molar-refractivity contribution in [3.63, 3.8) is 0 Å². The summed E-state index contributed by atoms with van der Waals surface area (Å²) >= 11 is 19.9. The van der Waals surface area contributed by atoms with Gasteiger partial charge in [0.25, 0.3) is 5.91 Å². The zero-order valence-electron chi connectivity index (χ0n) is 59.9. The average Bonchev–Trinajstić information content (AvgIpc) is 1.70. The lowest BCUT2D eigenvalue weighted by Crippen LogP contribution is -2.15. The zero-order chi connectivity index (χ0) is 81.3. The molecular weight excluding hydrogens is 1650 g/mol. The normalized spacial score (nSPS) is 10.9. The molecule has 0 atom stereocenters. The highest BCUT2D eigenvalue weighted by Gasteiger charge is 2.29. The van der Waals surface area contributed by atoms with E-state index in [4.69, 9.17) is 23.2 Å². The minimum Gasteiger partial charge on any atom is -0.478 e. The molecule has 16 rings (SSSR count). The van der Waals surface area contributed by atoms with Crippen LogP contribution in [0, 0.1) is 25.5 Å². The molecule has 1 amide bonds. The second-order valence-electron chi connectivity index (χ2n) is 25.5. The number of carboxylic acids is 4. The fourth-order valence-corrected chi connectivity index (χ4v) is 16.8. The number of anilines is 1. The molecule has 115 heavy (non-hydrogen) atoms. The number of nitrogens with zero attached hydrogens (tertiary/aromatic N) is 6. The van der Waals surface area contributed by atoms with Gasteiger partial charge in [0.05, 0.1) is 62.2 Å². The summed E-state index contributed by atoms with van der Waals surface area (Å²) in [7, 11) is 0. The maximum atomic E-state index is 14.4. The monoisotopic (exact) mass is 1710 g/mol. The first kappa shape index (κ1) is 80.4. The second kappa shape index (κ2) is 35.6. The number of halogens is 5. The molecule has 0 aliphatic rings. The Balaban J connectivity index is 0.000000134. The number of carbonyl (C=O) groups excluding carboxylic acids is 4. The molecule has 5 N–H and O–H groups in total. The summed E-state index contributed by atoms with van der Waals surface area (Å²) < 4.78 is 29.3. The summed E-state index contributed by atoms with van der Waals surface area (Å²) in [4.78, 5) is 126. The van der Waals surface area contributed by atoms with Crippen molar-refractivity contribution in [2.45, 2.75) is 33.1 Å². The summed E-state index contributed by atoms with van der Waals surface area (Å²) in [5, 5.41) is 51.6. The van der Waals surface area contributed by atoms with E-state index in [-0.39, 0.29) is 96.7 Å². The minimum absolute atomic E-state index is 0.00870. The number of nitrogens with one attached hydrogen (secondary N) is 1. The number of hydrogen-bond donors (Lipinski definition) is 5. The largest absolute Gasteiger partial charge is 0.478 e. The van der Waals surface area contributed by atoms with Gasteiger partial charge in [-0.25, -0.2) is 47.9 Å². The Morgan fingerprint density at radius 2 is 0.791 bits per heavy atom. The third kappa shape index (κ3) is 18.4. The number of carboxylic acid groups (broad SMARTS) is 4. The molecule has 16 aromatic rings. The van der Waals surface area contributed by atoms with Crippen molar-refractivity contribution >= 4 is 180 Å². The Labute approximate surface area is 686 Å². The number of ketones is 3. The van der Waals surface area contributed by atoms with Gasteiger partial charge in [0.1, 0.15) is 33.3 Å². The number of pyridine rings is 2. The van der Waals surface area contributed by atoms with Crippen LogP contribution in [0.2, 0.25) is 10.0 Å². The highest BCUT2D eigenvalue weighted by Crippen LogP contribution is 2.40. The molecule has 0 aliphatic heterocycles. The van der Waals surface area contributed by atoms with Crippen LogP contribution in [0.15, 0.2) is 239 Å². The van der Waals surface area contributed by atoms with Crippen LogP contribution in [0.4, 0.5) is 13.8 Å². The number of aromatic nitrogens is 6. The van der Waals surface area contributed by atoms with Gasteiger partial charge >= 0.3 is 23.9 Å². The molecule has 28 heteroatoms. The molecular formula is C87H56BrCl2F2N7O12S4. The zero-order valence-corrected chi connectivity index (χ0v) is 66.3. The molecule has 0 radical (unpaired) electrons. The van der Waals surface area contributed by atoms with Crippen LogP contribution in [0.5, 0.6) is 0 Å². The molecule has 19 nitrogen and oxygen atoms in total. The van der Waals surface area contributed by atoms with E-state index in [1.54, 1.807) is 101 Å². The summed E-state index contributed by atoms with van der Waals surface area (Å²) in [5.74, 6) is -8.03. The quantitative estimate of drug-likeness (QED) is 0.0470. The lowest BCUT2D eigenvalue weighted by molar-refractivity contribution is 0.0686. The predicted molar refractivity (Wildman–Crippen MR) is 449 cm³/mol. The van der Waals surface area contributed by atoms with Gasteiger partial charge < -0.3 is 25.7 Å². The molecule has 570 valence electrons. The number of aryl methyl sites for hydroxylation is 2. The van der Waals surface area contributed by atoms with Crippen LogP contribution >= 0.6 is 84.5 Å². The number of para-hydroxylation sites is 5. The summed E-state index contributed by atoms with van der Waals surface area (Å²) in [6, 6.07) is 58.7. The first-order chi connectivity index (χ1) is 55.3. The van der Waals surface area contributed by atoms with Gasteiger partial charge in [-0.15, -0.1) is 45.3 Å². The molecule has 8 heterocycles. The molecule has 0 unspecified atom stereocenters. The van der Waals surface area contributed by atoms with Gasteiger partial charge in [0.2, 0.25) is 0 Å². The Kier molecular flexibility index (Phi) is 24.9. The highest BCUT2D eigenvalue weighted by atomic mass is 79.9. The SMILES string of the molecule is Cc1ccc(-c2csc(CC(=O)c3cnc4ccccc4n3)c2C(=O)O)c(F)c1F.Cc1cccc2ncc(C(=O)Cc3scc(-c4ccc(Cl)cc4)c3C(=O)O)nc12.O=C(Cc1scc(-c2ccc(Cl)cc2)c1C(=O)O)c1ccc2ccccc2n1.O=C(Nc1scc(-c2ccc(Br)cc2)c1C(=O)O)c1ccc2ccccc2n1. The van der Waals surface area contributed by atoms with Crippen LogP contribution in [-0.2, 0) is 19.3 Å². The molecule has 0 fully saturated rings. The van der Waals surface area contributed by atoms with E-state index >= 15 is 0 Å². The van der Waals surface area contributed by atoms with Crippen LogP contribution in [-0.4, -0.2) is 97.5 Å². The van der Waals surface area contributed by atoms with Crippen molar-refractivity contribution in [3.05, 3.63) is 331 Å². The Hall–Kier alpha value is -12.7. The Bertz CT molecular complexity index is 6350. The summed E-state index contributed by atoms with van der Waals surface area (Å²) in [5.41, 5.74) is 9.94. The second-order valence-corrected chi connectivity index (χ2v) is 31.0. The summed E-state index contributed by atoms with van der Waals surface area (Å²) in [6.07, 6.45) is 2.49. The number of amides is 1. The third-order valence-electron chi connectivity index (χ3n) is 18.0. The third-order valence-corrected chi connectivity index (χ3v) is 22.9. The van der Waals surface area contributed by atoms with Gasteiger partial charge in [0, 0.05) is 92.4 Å². The van der Waals surface area contributed by atoms with Gasteiger partial charge in [0.15, 0.2) is 29.0 Å². The van der Waals surface area contributed by atoms with Gasteiger partial charge in [-0.3, -0.25) is 29.1 Å². The maximum absolute atomic E-state index is 14.4. The lowest BCUT2D eigenvalue weighted by atomic mass is 9.99. The molecule has 0 aliphatic carbocycles. The molecule has 0 spiro atoms. The smallest absolute Gasteiger partial charge is 0.339 e. The number of Topliss-reactive ketones (excluding diaryl/α,β-unsaturated/α-hetero) is 3. The number of fused-ring (bicyclic) bond motifs is 4. The van der Waals surface area contributed by atoms with Crippen molar-refractivity contribution in [1.82, 2.24) is 29.9 Å². The lowest BCUT2D eigenvalue weighted by Gasteiger charge is -2.07. The van der Waals surface area contributed by atoms with Crippen molar-refractivity contribution in [1.29, 1.82) is 0 Å². The fraction of sp³-hybridized carbons (Fsp3) is 0.0575. The van der Waals surface area contributed by atoms with Crippen molar-refractivity contribution < 1.29 is 67.6 Å². The minimum atomic E-state index is -1.32. The van der Waals surface area contributed by atoms with E-state index < -0.39 is 47.2 Å². The van der Waals surface area contributed by atoms with Crippen LogP contribution in [0.3, 0.4) is 0 Å². The molecule has 0 bridgehead atoms. The Morgan fingerprint density at radius 3 is 1.32 bits per heavy atom. The van der Waals surface area contributed by atoms with Crippen LogP contribution < -0.4 is 5.32 Å². The van der Waals surface area contributed by atoms with Crippen molar-refractivity contribution in [2.24, 2.45) is 0 Å². The van der Waals surface area contributed by atoms with E-state index in [1.165, 1.54) is 70.8 Å². The van der Waals surface area contributed by atoms with Gasteiger partial charge in [-0.1, -0.05) is 160 Å². The number of aromatic carboxylic acids is 4. The highest BCUT2D eigenvalue weighted by molar-refractivity contribution is 9.10. The van der Waals surface area contributed by atoms with Crippen LogP contribution in [0.1, 0.15) is 109 Å².